The van der Waals surface area contributed by atoms with Gasteiger partial charge < -0.3 is 9.94 Å². The molecule has 0 aliphatic rings. The molecule has 2 aromatic rings. The molecule has 2 rings (SSSR count). The summed E-state index contributed by atoms with van der Waals surface area (Å²) in [7, 11) is 1.60. The average Bonchev–Trinajstić information content (AvgIpc) is 2.40. The molecule has 0 amide bonds. The van der Waals surface area contributed by atoms with Crippen LogP contribution < -0.4 is 4.74 Å². The Balaban J connectivity index is 2.45. The topological polar surface area (TPSA) is 41.8 Å². The first-order valence-corrected chi connectivity index (χ1v) is 5.26. The predicted octanol–water partition coefficient (Wildman–Crippen LogP) is 3.17. The second kappa shape index (κ2) is 5.16. The zero-order valence-corrected chi connectivity index (χ0v) is 9.50. The van der Waals surface area contributed by atoms with Crippen molar-refractivity contribution in [1.29, 1.82) is 0 Å². The molecule has 0 saturated carbocycles. The van der Waals surface area contributed by atoms with Crippen molar-refractivity contribution in [2.75, 3.05) is 7.11 Å². The Morgan fingerprint density at radius 2 is 1.82 bits per heavy atom. The van der Waals surface area contributed by atoms with Gasteiger partial charge in [0.15, 0.2) is 0 Å². The van der Waals surface area contributed by atoms with E-state index in [0.717, 1.165) is 16.7 Å². The standard InChI is InChI=1S/C14H13NO2/c1-17-14-9-12(7-8-13(14)10-15-16)11-5-3-2-4-6-11/h2-10,16H,1H3/b15-10+. The fraction of sp³-hybridized carbons (Fsp3) is 0.0714. The number of methoxy groups -OCH3 is 1. The molecule has 17 heavy (non-hydrogen) atoms. The monoisotopic (exact) mass is 227 g/mol. The van der Waals surface area contributed by atoms with Gasteiger partial charge in [-0.3, -0.25) is 0 Å². The van der Waals surface area contributed by atoms with Crippen molar-refractivity contribution in [2.45, 2.75) is 0 Å². The number of oxime groups is 1. The Kier molecular flexibility index (Phi) is 3.40. The van der Waals surface area contributed by atoms with E-state index in [4.69, 9.17) is 9.94 Å². The van der Waals surface area contributed by atoms with Gasteiger partial charge >= 0.3 is 0 Å². The quantitative estimate of drug-likeness (QED) is 0.497. The zero-order chi connectivity index (χ0) is 12.1. The van der Waals surface area contributed by atoms with Gasteiger partial charge in [0.25, 0.3) is 0 Å². The van der Waals surface area contributed by atoms with Crippen LogP contribution in [-0.4, -0.2) is 18.5 Å². The van der Waals surface area contributed by atoms with E-state index < -0.39 is 0 Å². The number of rotatable bonds is 3. The van der Waals surface area contributed by atoms with E-state index in [1.807, 2.05) is 48.5 Å². The first kappa shape index (κ1) is 11.2. The van der Waals surface area contributed by atoms with Gasteiger partial charge in [-0.2, -0.15) is 0 Å². The van der Waals surface area contributed by atoms with Gasteiger partial charge in [0.05, 0.1) is 13.3 Å². The van der Waals surface area contributed by atoms with Gasteiger partial charge in [-0.05, 0) is 23.3 Å². The number of ether oxygens (including phenoxy) is 1. The lowest BCUT2D eigenvalue weighted by Gasteiger charge is -2.07. The fourth-order valence-corrected chi connectivity index (χ4v) is 1.69. The van der Waals surface area contributed by atoms with Crippen molar-refractivity contribution >= 4 is 6.21 Å². The number of nitrogens with zero attached hydrogens (tertiary/aromatic N) is 1. The second-order valence-electron chi connectivity index (χ2n) is 3.57. The van der Waals surface area contributed by atoms with Crippen LogP contribution in [0.4, 0.5) is 0 Å². The third kappa shape index (κ3) is 2.45. The smallest absolute Gasteiger partial charge is 0.128 e. The van der Waals surface area contributed by atoms with Gasteiger partial charge in [0.1, 0.15) is 5.75 Å². The van der Waals surface area contributed by atoms with E-state index in [9.17, 15) is 0 Å². The summed E-state index contributed by atoms with van der Waals surface area (Å²) in [5.74, 6) is 0.684. The molecule has 0 radical (unpaired) electrons. The molecule has 3 heteroatoms. The van der Waals surface area contributed by atoms with Crippen molar-refractivity contribution in [1.82, 2.24) is 0 Å². The number of benzene rings is 2. The SMILES string of the molecule is COc1cc(-c2ccccc2)ccc1/C=N/O. The summed E-state index contributed by atoms with van der Waals surface area (Å²) in [6.07, 6.45) is 1.35. The van der Waals surface area contributed by atoms with Gasteiger partial charge in [-0.25, -0.2) is 0 Å². The van der Waals surface area contributed by atoms with Gasteiger partial charge in [0, 0.05) is 5.56 Å². The normalized spacial score (nSPS) is 10.6. The second-order valence-corrected chi connectivity index (χ2v) is 3.57. The minimum Gasteiger partial charge on any atom is -0.496 e. The summed E-state index contributed by atoms with van der Waals surface area (Å²) < 4.78 is 5.26. The predicted molar refractivity (Wildman–Crippen MR) is 67.8 cm³/mol. The third-order valence-electron chi connectivity index (χ3n) is 2.54. The van der Waals surface area contributed by atoms with Gasteiger partial charge in [-0.1, -0.05) is 41.6 Å². The molecule has 0 spiro atoms. The Hall–Kier alpha value is -2.29. The van der Waals surface area contributed by atoms with Crippen molar-refractivity contribution in [3.05, 3.63) is 54.1 Å². The lowest BCUT2D eigenvalue weighted by Crippen LogP contribution is -1.91. The van der Waals surface area contributed by atoms with E-state index in [2.05, 4.69) is 5.16 Å². The van der Waals surface area contributed by atoms with Crippen molar-refractivity contribution in [3.8, 4) is 16.9 Å². The van der Waals surface area contributed by atoms with E-state index in [1.165, 1.54) is 6.21 Å². The highest BCUT2D eigenvalue weighted by molar-refractivity contribution is 5.85. The third-order valence-corrected chi connectivity index (χ3v) is 2.54. The molecule has 0 atom stereocenters. The Bertz CT molecular complexity index is 521. The van der Waals surface area contributed by atoms with Crippen molar-refractivity contribution in [3.63, 3.8) is 0 Å². The van der Waals surface area contributed by atoms with Crippen LogP contribution in [0.2, 0.25) is 0 Å². The summed E-state index contributed by atoms with van der Waals surface area (Å²) in [4.78, 5) is 0. The summed E-state index contributed by atoms with van der Waals surface area (Å²) in [6.45, 7) is 0. The molecule has 3 nitrogen and oxygen atoms in total. The highest BCUT2D eigenvalue weighted by Crippen LogP contribution is 2.26. The number of hydrogen-bond donors (Lipinski definition) is 1. The van der Waals surface area contributed by atoms with E-state index >= 15 is 0 Å². The van der Waals surface area contributed by atoms with Gasteiger partial charge in [0.2, 0.25) is 0 Å². The van der Waals surface area contributed by atoms with Crippen LogP contribution >= 0.6 is 0 Å². The maximum atomic E-state index is 8.54. The summed E-state index contributed by atoms with van der Waals surface area (Å²) >= 11 is 0. The zero-order valence-electron chi connectivity index (χ0n) is 9.50. The van der Waals surface area contributed by atoms with E-state index in [-0.39, 0.29) is 0 Å². The summed E-state index contributed by atoms with van der Waals surface area (Å²) in [5, 5.41) is 11.6. The molecular weight excluding hydrogens is 214 g/mol. The van der Waals surface area contributed by atoms with Gasteiger partial charge in [-0.15, -0.1) is 0 Å². The van der Waals surface area contributed by atoms with Crippen molar-refractivity contribution < 1.29 is 9.94 Å². The molecule has 1 N–H and O–H groups in total. The summed E-state index contributed by atoms with van der Waals surface area (Å²) in [5.41, 5.74) is 2.94. The minimum atomic E-state index is 0.684. The van der Waals surface area contributed by atoms with Crippen LogP contribution in [0, 0.1) is 0 Å². The van der Waals surface area contributed by atoms with Crippen LogP contribution in [0.3, 0.4) is 0 Å². The highest BCUT2D eigenvalue weighted by Gasteiger charge is 2.04. The molecule has 2 aromatic carbocycles. The molecule has 0 aromatic heterocycles. The maximum absolute atomic E-state index is 8.54. The molecule has 0 heterocycles. The number of hydrogen-bond acceptors (Lipinski definition) is 3. The fourth-order valence-electron chi connectivity index (χ4n) is 1.69. The average molecular weight is 227 g/mol. The van der Waals surface area contributed by atoms with Crippen LogP contribution in [0.1, 0.15) is 5.56 Å². The van der Waals surface area contributed by atoms with Crippen LogP contribution in [0.5, 0.6) is 5.75 Å². The highest BCUT2D eigenvalue weighted by atomic mass is 16.5. The molecule has 0 bridgehead atoms. The van der Waals surface area contributed by atoms with Crippen LogP contribution in [0.25, 0.3) is 11.1 Å². The Morgan fingerprint density at radius 1 is 1.06 bits per heavy atom. The minimum absolute atomic E-state index is 0.684. The maximum Gasteiger partial charge on any atom is 0.128 e. The Morgan fingerprint density at radius 3 is 2.47 bits per heavy atom. The van der Waals surface area contributed by atoms with E-state index in [0.29, 0.717) is 5.75 Å². The largest absolute Gasteiger partial charge is 0.496 e. The summed E-state index contributed by atoms with van der Waals surface area (Å²) in [6, 6.07) is 15.8. The first-order valence-electron chi connectivity index (χ1n) is 5.26. The molecule has 0 unspecified atom stereocenters. The molecule has 0 aliphatic heterocycles. The Labute approximate surface area is 100.0 Å². The lowest BCUT2D eigenvalue weighted by molar-refractivity contribution is 0.321. The molecular formula is C14H13NO2. The first-order chi connectivity index (χ1) is 8.35. The lowest BCUT2D eigenvalue weighted by atomic mass is 10.0. The van der Waals surface area contributed by atoms with Crippen LogP contribution in [-0.2, 0) is 0 Å². The molecule has 0 aliphatic carbocycles. The van der Waals surface area contributed by atoms with E-state index in [1.54, 1.807) is 7.11 Å². The van der Waals surface area contributed by atoms with Crippen LogP contribution in [0.15, 0.2) is 53.7 Å². The molecule has 86 valence electrons. The molecule has 0 fully saturated rings. The van der Waals surface area contributed by atoms with Crippen molar-refractivity contribution in [2.24, 2.45) is 5.16 Å². The molecule has 0 saturated heterocycles.